The third-order valence-electron chi connectivity index (χ3n) is 1.52. The van der Waals surface area contributed by atoms with Crippen LogP contribution in [0, 0.1) is 0 Å². The average Bonchev–Trinajstić information content (AvgIpc) is 2.03. The maximum atomic E-state index is 11.6. The molecule has 0 saturated heterocycles. The maximum Gasteiger partial charge on any atom is 0.321 e. The minimum absolute atomic E-state index is 0.169. The van der Waals surface area contributed by atoms with Gasteiger partial charge in [0.1, 0.15) is 6.04 Å². The highest BCUT2D eigenvalue weighted by Gasteiger charge is 2.18. The van der Waals surface area contributed by atoms with Crippen LogP contribution < -0.4 is 4.72 Å². The second kappa shape index (κ2) is 5.92. The number of aliphatic carboxylic acids is 1. The number of hydrogen-bond acceptors (Lipinski definition) is 3. The fourth-order valence-corrected chi connectivity index (χ4v) is 2.11. The van der Waals surface area contributed by atoms with Crippen LogP contribution in [0.15, 0.2) is 0 Å². The lowest BCUT2D eigenvalue weighted by Crippen LogP contribution is -2.39. The molecule has 0 amide bonds. The van der Waals surface area contributed by atoms with E-state index < -0.39 is 28.7 Å². The van der Waals surface area contributed by atoms with Gasteiger partial charge >= 0.3 is 5.97 Å². The summed E-state index contributed by atoms with van der Waals surface area (Å²) in [6, 6.07) is -1.15. The van der Waals surface area contributed by atoms with Crippen LogP contribution in [0.4, 0.5) is 4.39 Å². The molecule has 1 atom stereocenters. The summed E-state index contributed by atoms with van der Waals surface area (Å²) >= 11 is 0. The molecule has 2 N–H and O–H groups in total. The first kappa shape index (κ1) is 13.3. The summed E-state index contributed by atoms with van der Waals surface area (Å²) in [5.74, 6) is -1.48. The van der Waals surface area contributed by atoms with E-state index in [4.69, 9.17) is 5.11 Å². The van der Waals surface area contributed by atoms with E-state index in [1.54, 1.807) is 0 Å². The molecule has 0 radical (unpaired) electrons. The third kappa shape index (κ3) is 5.87. The Morgan fingerprint density at radius 3 is 2.50 bits per heavy atom. The van der Waals surface area contributed by atoms with Crippen LogP contribution in [0.25, 0.3) is 0 Å². The monoisotopic (exact) mass is 227 g/mol. The Hall–Kier alpha value is -0.690. The molecule has 0 saturated carbocycles. The Morgan fingerprint density at radius 1 is 1.50 bits per heavy atom. The Kier molecular flexibility index (Phi) is 5.63. The molecule has 84 valence electrons. The summed E-state index contributed by atoms with van der Waals surface area (Å²) in [5, 5.41) is 8.43. The van der Waals surface area contributed by atoms with Gasteiger partial charge in [-0.2, -0.15) is 0 Å². The molecule has 0 fully saturated rings. The summed E-state index contributed by atoms with van der Waals surface area (Å²) in [5.41, 5.74) is 0. The van der Waals surface area contributed by atoms with Gasteiger partial charge in [0.2, 0.25) is 10.0 Å². The quantitative estimate of drug-likeness (QED) is 0.605. The van der Waals surface area contributed by atoms with E-state index in [1.165, 1.54) is 6.92 Å². The summed E-state index contributed by atoms with van der Waals surface area (Å²) in [6.07, 6.45) is 0.362. The van der Waals surface area contributed by atoms with E-state index >= 15 is 0 Å². The van der Waals surface area contributed by atoms with Crippen molar-refractivity contribution in [2.45, 2.75) is 25.8 Å². The van der Waals surface area contributed by atoms with Crippen LogP contribution in [0.5, 0.6) is 0 Å². The molecule has 0 spiro atoms. The van der Waals surface area contributed by atoms with Gasteiger partial charge in [-0.1, -0.05) is 0 Å². The van der Waals surface area contributed by atoms with Gasteiger partial charge in [0.25, 0.3) is 0 Å². The molecule has 14 heavy (non-hydrogen) atoms. The minimum atomic E-state index is -3.60. The zero-order valence-electron chi connectivity index (χ0n) is 7.86. The second-order valence-corrected chi connectivity index (χ2v) is 4.77. The number of carboxylic acids is 1. The molecule has 0 unspecified atom stereocenters. The zero-order chi connectivity index (χ0) is 11.2. The van der Waals surface area contributed by atoms with E-state index in [0.29, 0.717) is 0 Å². The van der Waals surface area contributed by atoms with Crippen LogP contribution in [-0.4, -0.2) is 38.0 Å². The van der Waals surface area contributed by atoms with Crippen LogP contribution in [0.2, 0.25) is 0 Å². The van der Waals surface area contributed by atoms with Gasteiger partial charge in [0.05, 0.1) is 12.4 Å². The highest BCUT2D eigenvalue weighted by molar-refractivity contribution is 7.89. The smallest absolute Gasteiger partial charge is 0.321 e. The van der Waals surface area contributed by atoms with Gasteiger partial charge in [-0.15, -0.1) is 0 Å². The summed E-state index contributed by atoms with van der Waals surface area (Å²) in [7, 11) is -3.60. The van der Waals surface area contributed by atoms with Crippen molar-refractivity contribution in [2.75, 3.05) is 12.4 Å². The second-order valence-electron chi connectivity index (χ2n) is 2.89. The molecule has 0 aliphatic carbocycles. The van der Waals surface area contributed by atoms with Gasteiger partial charge in [-0.3, -0.25) is 9.18 Å². The maximum absolute atomic E-state index is 11.6. The highest BCUT2D eigenvalue weighted by Crippen LogP contribution is 1.96. The first-order valence-corrected chi connectivity index (χ1v) is 5.83. The lowest BCUT2D eigenvalue weighted by atomic mass is 10.4. The highest BCUT2D eigenvalue weighted by atomic mass is 32.2. The predicted molar refractivity (Wildman–Crippen MR) is 49.2 cm³/mol. The molecule has 0 aromatic carbocycles. The molecular weight excluding hydrogens is 213 g/mol. The van der Waals surface area contributed by atoms with Crippen LogP contribution in [0.3, 0.4) is 0 Å². The SMILES string of the molecule is C[C@@H](NS(=O)(=O)CCCCF)C(=O)O. The Bertz CT molecular complexity index is 277. The largest absolute Gasteiger partial charge is 0.480 e. The predicted octanol–water partition coefficient (Wildman–Crippen LogP) is 0.129. The zero-order valence-corrected chi connectivity index (χ0v) is 8.68. The molecule has 0 aliphatic heterocycles. The number of halogens is 1. The van der Waals surface area contributed by atoms with Gasteiger partial charge in [0.15, 0.2) is 0 Å². The molecule has 7 heteroatoms. The van der Waals surface area contributed by atoms with E-state index in [0.717, 1.165) is 0 Å². The normalized spacial score (nSPS) is 13.9. The first-order valence-electron chi connectivity index (χ1n) is 4.18. The van der Waals surface area contributed by atoms with E-state index in [2.05, 4.69) is 0 Å². The Balaban J connectivity index is 4.01. The minimum Gasteiger partial charge on any atom is -0.480 e. The van der Waals surface area contributed by atoms with Gasteiger partial charge < -0.3 is 5.11 Å². The molecule has 0 aromatic rings. The molecular formula is C7H14FNO4S. The number of hydrogen-bond donors (Lipinski definition) is 2. The van der Waals surface area contributed by atoms with E-state index in [-0.39, 0.29) is 18.6 Å². The topological polar surface area (TPSA) is 83.5 Å². The number of unbranched alkanes of at least 4 members (excludes halogenated alkanes) is 1. The van der Waals surface area contributed by atoms with Crippen LogP contribution >= 0.6 is 0 Å². The van der Waals surface area contributed by atoms with Crippen LogP contribution in [-0.2, 0) is 14.8 Å². The summed E-state index contributed by atoms with van der Waals surface area (Å²) in [6.45, 7) is 0.666. The molecule has 0 aliphatic rings. The van der Waals surface area contributed by atoms with Crippen molar-refractivity contribution < 1.29 is 22.7 Å². The lowest BCUT2D eigenvalue weighted by Gasteiger charge is -2.09. The number of nitrogens with one attached hydrogen (secondary N) is 1. The van der Waals surface area contributed by atoms with Crippen molar-refractivity contribution in [1.82, 2.24) is 4.72 Å². The fourth-order valence-electron chi connectivity index (χ4n) is 0.765. The number of alkyl halides is 1. The molecule has 0 rings (SSSR count). The van der Waals surface area contributed by atoms with Crippen molar-refractivity contribution in [3.05, 3.63) is 0 Å². The van der Waals surface area contributed by atoms with Crippen molar-refractivity contribution in [3.8, 4) is 0 Å². The van der Waals surface area contributed by atoms with Crippen molar-refractivity contribution >= 4 is 16.0 Å². The first-order chi connectivity index (χ1) is 6.39. The number of sulfonamides is 1. The lowest BCUT2D eigenvalue weighted by molar-refractivity contribution is -0.138. The Labute approximate surface area is 82.4 Å². The van der Waals surface area contributed by atoms with Crippen molar-refractivity contribution in [1.29, 1.82) is 0 Å². The standard InChI is InChI=1S/C7H14FNO4S/c1-6(7(10)11)9-14(12,13)5-3-2-4-8/h6,9H,2-5H2,1H3,(H,10,11)/t6-/m1/s1. The van der Waals surface area contributed by atoms with E-state index in [9.17, 15) is 17.6 Å². The van der Waals surface area contributed by atoms with E-state index in [1.807, 2.05) is 4.72 Å². The summed E-state index contributed by atoms with van der Waals surface area (Å²) < 4.78 is 35.9. The molecule has 0 aromatic heterocycles. The number of carboxylic acid groups (broad SMARTS) is 1. The average molecular weight is 227 g/mol. The summed E-state index contributed by atoms with van der Waals surface area (Å²) in [4.78, 5) is 10.3. The number of carbonyl (C=O) groups is 1. The molecule has 0 bridgehead atoms. The van der Waals surface area contributed by atoms with Crippen LogP contribution in [0.1, 0.15) is 19.8 Å². The molecule has 0 heterocycles. The van der Waals surface area contributed by atoms with Crippen molar-refractivity contribution in [2.24, 2.45) is 0 Å². The fraction of sp³-hybridized carbons (Fsp3) is 0.857. The van der Waals surface area contributed by atoms with Gasteiger partial charge in [-0.25, -0.2) is 13.1 Å². The number of rotatable bonds is 7. The van der Waals surface area contributed by atoms with Crippen molar-refractivity contribution in [3.63, 3.8) is 0 Å². The van der Waals surface area contributed by atoms with Gasteiger partial charge in [-0.05, 0) is 19.8 Å². The Morgan fingerprint density at radius 2 is 2.07 bits per heavy atom. The third-order valence-corrected chi connectivity index (χ3v) is 3.06. The van der Waals surface area contributed by atoms with Gasteiger partial charge in [0, 0.05) is 0 Å². The molecule has 5 nitrogen and oxygen atoms in total.